The molecule has 270 valence electrons. The smallest absolute Gasteiger partial charge is 0.307 e. The number of carbonyl (C=O) groups is 4. The Balaban J connectivity index is 1.42. The summed E-state index contributed by atoms with van der Waals surface area (Å²) in [5.41, 5.74) is -1.26. The van der Waals surface area contributed by atoms with Crippen LogP contribution in [0.4, 0.5) is 0 Å². The van der Waals surface area contributed by atoms with Crippen molar-refractivity contribution in [2.24, 2.45) is 17.3 Å². The molecule has 3 aliphatic rings. The Morgan fingerprint density at radius 3 is 2.30 bits per heavy atom. The summed E-state index contributed by atoms with van der Waals surface area (Å²) in [6.07, 6.45) is 2.07. The van der Waals surface area contributed by atoms with Gasteiger partial charge in [0.25, 0.3) is 0 Å². The normalized spacial score (nSPS) is 24.2. The Kier molecular flexibility index (Phi) is 10.4. The summed E-state index contributed by atoms with van der Waals surface area (Å²) in [6, 6.07) is 13.9. The fourth-order valence-corrected chi connectivity index (χ4v) is 8.29. The topological polar surface area (TPSA) is 149 Å². The van der Waals surface area contributed by atoms with Crippen LogP contribution in [0.25, 0.3) is 11.3 Å². The van der Waals surface area contributed by atoms with Crippen molar-refractivity contribution in [1.29, 1.82) is 0 Å². The van der Waals surface area contributed by atoms with Gasteiger partial charge in [0.1, 0.15) is 29.0 Å². The van der Waals surface area contributed by atoms with E-state index in [-0.39, 0.29) is 25.8 Å². The van der Waals surface area contributed by atoms with Crippen LogP contribution >= 0.6 is 0 Å². The summed E-state index contributed by atoms with van der Waals surface area (Å²) in [4.78, 5) is 61.3. The molecule has 0 spiro atoms. The number of benzene rings is 1. The highest BCUT2D eigenvalue weighted by Crippen LogP contribution is 2.46. The van der Waals surface area contributed by atoms with E-state index in [0.717, 1.165) is 5.56 Å². The number of hydrogen-bond acceptors (Lipinski definition) is 9. The molecular formula is C38H49N3O8S. The highest BCUT2D eigenvalue weighted by atomic mass is 32.2. The minimum Gasteiger partial charge on any atom is -0.472 e. The first kappa shape index (κ1) is 37.2. The monoisotopic (exact) mass is 707 g/mol. The molecule has 2 saturated carbocycles. The average molecular weight is 708 g/mol. The van der Waals surface area contributed by atoms with E-state index < -0.39 is 84.9 Å². The maximum atomic E-state index is 14.5. The van der Waals surface area contributed by atoms with Crippen LogP contribution < -0.4 is 10.1 Å². The first-order valence-electron chi connectivity index (χ1n) is 17.2. The predicted molar refractivity (Wildman–Crippen MR) is 189 cm³/mol. The molecule has 1 aromatic heterocycles. The van der Waals surface area contributed by atoms with E-state index in [4.69, 9.17) is 9.47 Å². The molecule has 0 bridgehead atoms. The molecule has 2 amide bonds. The average Bonchev–Trinajstić information content (AvgIpc) is 3.96. The molecular weight excluding hydrogens is 658 g/mol. The highest BCUT2D eigenvalue weighted by molar-refractivity contribution is 7.93. The number of pyridine rings is 1. The molecule has 0 unspecified atom stereocenters. The Hall–Kier alpha value is -4.06. The van der Waals surface area contributed by atoms with E-state index in [2.05, 4.69) is 16.9 Å². The zero-order valence-electron chi connectivity index (χ0n) is 29.8. The number of likely N-dealkylation sites (tertiary alicyclic amines) is 1. The van der Waals surface area contributed by atoms with E-state index >= 15 is 0 Å². The lowest BCUT2D eigenvalue weighted by atomic mass is 9.77. The van der Waals surface area contributed by atoms with Crippen molar-refractivity contribution in [1.82, 2.24) is 15.2 Å². The third-order valence-corrected chi connectivity index (χ3v) is 11.7. The minimum absolute atomic E-state index is 0.0248. The number of hydrogen-bond donors (Lipinski definition) is 1. The van der Waals surface area contributed by atoms with Gasteiger partial charge in [-0.05, 0) is 51.5 Å². The van der Waals surface area contributed by atoms with Crippen LogP contribution in [0.2, 0.25) is 0 Å². The Morgan fingerprint density at radius 1 is 1.04 bits per heavy atom. The Morgan fingerprint density at radius 2 is 1.72 bits per heavy atom. The van der Waals surface area contributed by atoms with E-state index in [1.807, 2.05) is 63.2 Å². The van der Waals surface area contributed by atoms with Gasteiger partial charge < -0.3 is 19.7 Å². The second-order valence-corrected chi connectivity index (χ2v) is 18.1. The molecule has 5 atom stereocenters. The molecule has 1 aliphatic heterocycles. The maximum absolute atomic E-state index is 14.5. The Labute approximate surface area is 295 Å². The third-order valence-electron chi connectivity index (χ3n) is 9.57. The summed E-state index contributed by atoms with van der Waals surface area (Å²) < 4.78 is 37.4. The number of nitrogens with zero attached hydrogens (tertiary/aromatic N) is 2. The van der Waals surface area contributed by atoms with Gasteiger partial charge in [-0.3, -0.25) is 19.2 Å². The highest BCUT2D eigenvalue weighted by Gasteiger charge is 2.61. The number of sulfone groups is 1. The third kappa shape index (κ3) is 8.62. The molecule has 0 radical (unpaired) electrons. The summed E-state index contributed by atoms with van der Waals surface area (Å²) in [5.74, 6) is -3.75. The molecule has 3 fully saturated rings. The van der Waals surface area contributed by atoms with Gasteiger partial charge in [-0.2, -0.15) is 0 Å². The lowest BCUT2D eigenvalue weighted by Gasteiger charge is -2.35. The number of esters is 1. The van der Waals surface area contributed by atoms with Crippen LogP contribution in [0, 0.1) is 17.3 Å². The molecule has 12 heteroatoms. The van der Waals surface area contributed by atoms with Crippen molar-refractivity contribution in [3.63, 3.8) is 0 Å². The molecule has 50 heavy (non-hydrogen) atoms. The van der Waals surface area contributed by atoms with Gasteiger partial charge in [0, 0.05) is 24.0 Å². The molecule has 1 N–H and O–H groups in total. The standard InChI is InChI=1S/C38H49N3O8S/c1-8-25-21-38(25,31(42)23-50(46,47)27-17-18-27)40-34(44)30-19-26(48-32-16-12-15-29(39-32)24-13-10-9-11-14-24)22-41(30)35(45)28(36(2,3)4)20-33(43)49-37(5,6)7/h8-16,25-28,30H,1,17-23H2,2-7H3,(H,40,44)/t25-,26-,28-,30+,38-/m1/s1. The molecule has 11 nitrogen and oxygen atoms in total. The number of ketones is 1. The molecule has 1 saturated heterocycles. The van der Waals surface area contributed by atoms with E-state index in [9.17, 15) is 27.6 Å². The van der Waals surface area contributed by atoms with Crippen LogP contribution in [0.5, 0.6) is 5.88 Å². The number of carbonyl (C=O) groups excluding carboxylic acids is 4. The first-order chi connectivity index (χ1) is 23.3. The molecule has 5 rings (SSSR count). The predicted octanol–water partition coefficient (Wildman–Crippen LogP) is 4.70. The largest absolute Gasteiger partial charge is 0.472 e. The molecule has 2 heterocycles. The minimum atomic E-state index is -3.63. The lowest BCUT2D eigenvalue weighted by molar-refractivity contribution is -0.161. The van der Waals surface area contributed by atoms with Gasteiger partial charge >= 0.3 is 5.97 Å². The van der Waals surface area contributed by atoms with Gasteiger partial charge in [0.15, 0.2) is 15.6 Å². The van der Waals surface area contributed by atoms with Crippen molar-refractivity contribution in [3.05, 3.63) is 61.2 Å². The molecule has 2 aliphatic carbocycles. The van der Waals surface area contributed by atoms with Gasteiger partial charge in [-0.1, -0.05) is 63.2 Å². The van der Waals surface area contributed by atoms with Crippen molar-refractivity contribution in [2.45, 2.75) is 102 Å². The van der Waals surface area contributed by atoms with Gasteiger partial charge in [0.2, 0.25) is 17.7 Å². The SMILES string of the molecule is C=C[C@@H]1C[C@]1(NC(=O)[C@@H]1C[C@@H](Oc2cccc(-c3ccccc3)n2)CN1C(=O)[C@@H](CC(=O)OC(C)(C)C)C(C)(C)C)C(=O)CS(=O)(=O)C1CC1. The van der Waals surface area contributed by atoms with E-state index in [0.29, 0.717) is 24.4 Å². The van der Waals surface area contributed by atoms with E-state index in [1.54, 1.807) is 32.9 Å². The lowest BCUT2D eigenvalue weighted by Crippen LogP contribution is -2.55. The first-order valence-corrected chi connectivity index (χ1v) is 19.0. The fourth-order valence-electron chi connectivity index (χ4n) is 6.58. The summed E-state index contributed by atoms with van der Waals surface area (Å²) >= 11 is 0. The quantitative estimate of drug-likeness (QED) is 0.231. The molecule has 2 aromatic rings. The van der Waals surface area contributed by atoms with Gasteiger partial charge in [-0.25, -0.2) is 13.4 Å². The summed E-state index contributed by atoms with van der Waals surface area (Å²) in [5, 5.41) is 2.34. The van der Waals surface area contributed by atoms with Crippen molar-refractivity contribution < 1.29 is 37.1 Å². The Bertz CT molecular complexity index is 1740. The fraction of sp³-hybridized carbons (Fsp3) is 0.553. The van der Waals surface area contributed by atoms with E-state index in [1.165, 1.54) is 4.90 Å². The van der Waals surface area contributed by atoms with Gasteiger partial charge in [0.05, 0.1) is 29.8 Å². The summed E-state index contributed by atoms with van der Waals surface area (Å²) in [6.45, 7) is 14.6. The van der Waals surface area contributed by atoms with Crippen molar-refractivity contribution in [2.75, 3.05) is 12.3 Å². The number of amides is 2. The van der Waals surface area contributed by atoms with Crippen LogP contribution in [0.3, 0.4) is 0 Å². The van der Waals surface area contributed by atoms with Crippen molar-refractivity contribution in [3.8, 4) is 17.1 Å². The zero-order valence-corrected chi connectivity index (χ0v) is 30.6. The van der Waals surface area contributed by atoms with Gasteiger partial charge in [-0.15, -0.1) is 6.58 Å². The van der Waals surface area contributed by atoms with Crippen LogP contribution in [-0.4, -0.2) is 82.7 Å². The van der Waals surface area contributed by atoms with Crippen LogP contribution in [-0.2, 0) is 33.8 Å². The number of nitrogens with one attached hydrogen (secondary N) is 1. The van der Waals surface area contributed by atoms with Crippen LogP contribution in [0.1, 0.15) is 73.6 Å². The zero-order chi connectivity index (χ0) is 36.6. The number of ether oxygens (including phenoxy) is 2. The van der Waals surface area contributed by atoms with Crippen LogP contribution in [0.15, 0.2) is 61.2 Å². The number of Topliss-reactive ketones (excluding diaryl/α,β-unsaturated/α-hetero) is 1. The molecule has 1 aromatic carbocycles. The second kappa shape index (κ2) is 13.9. The summed E-state index contributed by atoms with van der Waals surface area (Å²) in [7, 11) is -3.63. The second-order valence-electron chi connectivity index (χ2n) is 15.9. The number of aromatic nitrogens is 1. The number of rotatable bonds is 13. The van der Waals surface area contributed by atoms with Crippen molar-refractivity contribution >= 4 is 33.4 Å². The maximum Gasteiger partial charge on any atom is 0.307 e.